The standard InChI is InChI=1S/C20H21ClN4O2S2/c1-12-9-15-10-14(7-8-19(15)25(12)29(3,26)27)18-11-28-20(24-23-18)22-17-6-4-5-16(21)13(17)2/h4-8,10,12H,9,11H2,1-3H3,(H,22,24)/t12-/m1/s1. The largest absolute Gasteiger partial charge is 0.267 e. The summed E-state index contributed by atoms with van der Waals surface area (Å²) in [5.74, 6) is 0.676. The van der Waals surface area contributed by atoms with E-state index in [9.17, 15) is 8.42 Å². The fourth-order valence-corrected chi connectivity index (χ4v) is 5.85. The van der Waals surface area contributed by atoms with Gasteiger partial charge >= 0.3 is 0 Å². The lowest BCUT2D eigenvalue weighted by Gasteiger charge is -2.22. The van der Waals surface area contributed by atoms with Crippen LogP contribution in [0.15, 0.2) is 46.5 Å². The highest BCUT2D eigenvalue weighted by molar-refractivity contribution is 8.14. The molecule has 9 heteroatoms. The van der Waals surface area contributed by atoms with E-state index in [2.05, 4.69) is 15.5 Å². The fourth-order valence-electron chi connectivity index (χ4n) is 3.64. The van der Waals surface area contributed by atoms with Crippen LogP contribution in [0.25, 0.3) is 0 Å². The van der Waals surface area contributed by atoms with Gasteiger partial charge in [-0.25, -0.2) is 13.4 Å². The van der Waals surface area contributed by atoms with Crippen LogP contribution in [0.5, 0.6) is 0 Å². The number of nitrogens with one attached hydrogen (secondary N) is 1. The molecule has 0 aliphatic carbocycles. The van der Waals surface area contributed by atoms with Crippen LogP contribution in [0.2, 0.25) is 5.02 Å². The number of hydrazone groups is 1. The first-order valence-electron chi connectivity index (χ1n) is 9.16. The van der Waals surface area contributed by atoms with E-state index in [4.69, 9.17) is 11.6 Å². The molecule has 0 bridgehead atoms. The Kier molecular flexibility index (Phi) is 5.35. The molecule has 2 aromatic carbocycles. The minimum atomic E-state index is -3.29. The zero-order valence-corrected chi connectivity index (χ0v) is 18.7. The average Bonchev–Trinajstić information content (AvgIpc) is 3.01. The normalized spacial score (nSPS) is 20.4. The van der Waals surface area contributed by atoms with E-state index in [1.54, 1.807) is 11.8 Å². The Morgan fingerprint density at radius 2 is 2.10 bits per heavy atom. The molecule has 0 unspecified atom stereocenters. The third-order valence-electron chi connectivity index (χ3n) is 5.02. The maximum absolute atomic E-state index is 12.1. The van der Waals surface area contributed by atoms with E-state index in [1.165, 1.54) is 10.6 Å². The Morgan fingerprint density at radius 1 is 1.31 bits per heavy atom. The number of benzene rings is 2. The van der Waals surface area contributed by atoms with Crippen LogP contribution >= 0.6 is 23.4 Å². The van der Waals surface area contributed by atoms with E-state index in [1.807, 2.05) is 50.2 Å². The molecule has 0 spiro atoms. The molecule has 2 heterocycles. The van der Waals surface area contributed by atoms with Gasteiger partial charge in [0.25, 0.3) is 0 Å². The van der Waals surface area contributed by atoms with Gasteiger partial charge in [-0.05, 0) is 61.2 Å². The highest BCUT2D eigenvalue weighted by Crippen LogP contribution is 2.35. The summed E-state index contributed by atoms with van der Waals surface area (Å²) in [5.41, 5.74) is 8.47. The van der Waals surface area contributed by atoms with E-state index < -0.39 is 10.0 Å². The summed E-state index contributed by atoms with van der Waals surface area (Å²) in [4.78, 5) is 4.61. The first-order valence-corrected chi connectivity index (χ1v) is 12.4. The number of thioether (sulfide) groups is 1. The Balaban J connectivity index is 1.57. The monoisotopic (exact) mass is 448 g/mol. The second-order valence-electron chi connectivity index (χ2n) is 7.22. The third-order valence-corrected chi connectivity index (χ3v) is 7.57. The number of rotatable bonds is 3. The maximum Gasteiger partial charge on any atom is 0.232 e. The van der Waals surface area contributed by atoms with Crippen LogP contribution in [0.4, 0.5) is 11.4 Å². The topological polar surface area (TPSA) is 74.1 Å². The summed E-state index contributed by atoms with van der Waals surface area (Å²) in [6.07, 6.45) is 1.95. The molecule has 0 aromatic heterocycles. The van der Waals surface area contributed by atoms with E-state index in [0.717, 1.165) is 38.9 Å². The van der Waals surface area contributed by atoms with Crippen molar-refractivity contribution >= 4 is 55.6 Å². The summed E-state index contributed by atoms with van der Waals surface area (Å²) in [6.45, 7) is 3.87. The van der Waals surface area contributed by atoms with Gasteiger partial charge in [0, 0.05) is 16.8 Å². The van der Waals surface area contributed by atoms with Gasteiger partial charge in [0.05, 0.1) is 23.3 Å². The summed E-state index contributed by atoms with van der Waals surface area (Å²) < 4.78 is 25.7. The van der Waals surface area contributed by atoms with Crippen molar-refractivity contribution in [3.8, 4) is 0 Å². The molecule has 2 aliphatic rings. The number of fused-ring (bicyclic) bond motifs is 1. The Hall–Kier alpha value is -2.03. The molecule has 1 N–H and O–H groups in total. The van der Waals surface area contributed by atoms with Crippen LogP contribution in [-0.4, -0.2) is 37.3 Å². The predicted octanol–water partition coefficient (Wildman–Crippen LogP) is 4.09. The van der Waals surface area contributed by atoms with Crippen LogP contribution in [0.3, 0.4) is 0 Å². The van der Waals surface area contributed by atoms with Crippen molar-refractivity contribution in [1.29, 1.82) is 0 Å². The lowest BCUT2D eigenvalue weighted by atomic mass is 10.0. The molecule has 0 amide bonds. The van der Waals surface area contributed by atoms with Gasteiger partial charge in [0.15, 0.2) is 5.17 Å². The van der Waals surface area contributed by atoms with Gasteiger partial charge in [0.1, 0.15) is 0 Å². The third kappa shape index (κ3) is 4.01. The van der Waals surface area contributed by atoms with Gasteiger partial charge in [0.2, 0.25) is 10.0 Å². The number of halogens is 1. The average molecular weight is 449 g/mol. The molecule has 29 heavy (non-hydrogen) atoms. The summed E-state index contributed by atoms with van der Waals surface area (Å²) in [5, 5.41) is 5.90. The molecule has 0 saturated carbocycles. The van der Waals surface area contributed by atoms with Crippen molar-refractivity contribution in [2.45, 2.75) is 26.3 Å². The summed E-state index contributed by atoms with van der Waals surface area (Å²) in [7, 11) is -3.29. The van der Waals surface area contributed by atoms with Gasteiger partial charge in [-0.2, -0.15) is 5.10 Å². The van der Waals surface area contributed by atoms with Crippen molar-refractivity contribution in [1.82, 2.24) is 5.43 Å². The Labute approximate surface area is 180 Å². The predicted molar refractivity (Wildman–Crippen MR) is 122 cm³/mol. The molecule has 2 aromatic rings. The number of aliphatic imine (C=N–C) groups is 1. The summed E-state index contributed by atoms with van der Waals surface area (Å²) >= 11 is 7.74. The second-order valence-corrected chi connectivity index (χ2v) is 10.4. The first kappa shape index (κ1) is 20.3. The quantitative estimate of drug-likeness (QED) is 0.767. The van der Waals surface area contributed by atoms with Crippen molar-refractivity contribution in [2.75, 3.05) is 16.3 Å². The fraction of sp³-hybridized carbons (Fsp3) is 0.300. The molecule has 152 valence electrons. The van der Waals surface area contributed by atoms with Gasteiger partial charge in [-0.3, -0.25) is 9.73 Å². The molecule has 1 atom stereocenters. The van der Waals surface area contributed by atoms with Gasteiger partial charge in [-0.1, -0.05) is 35.5 Å². The molecule has 4 rings (SSSR count). The maximum atomic E-state index is 12.1. The van der Waals surface area contributed by atoms with Crippen LogP contribution in [0, 0.1) is 6.92 Å². The zero-order valence-electron chi connectivity index (χ0n) is 16.3. The Morgan fingerprint density at radius 3 is 2.79 bits per heavy atom. The molecular weight excluding hydrogens is 428 g/mol. The van der Waals surface area contributed by atoms with Crippen molar-refractivity contribution < 1.29 is 8.42 Å². The molecule has 0 radical (unpaired) electrons. The smallest absolute Gasteiger partial charge is 0.232 e. The molecular formula is C20H21ClN4O2S2. The highest BCUT2D eigenvalue weighted by Gasteiger charge is 2.32. The highest BCUT2D eigenvalue weighted by atomic mass is 35.5. The number of hydrogen-bond donors (Lipinski definition) is 1. The van der Waals surface area contributed by atoms with Crippen LogP contribution < -0.4 is 9.73 Å². The van der Waals surface area contributed by atoms with Crippen molar-refractivity contribution in [3.63, 3.8) is 0 Å². The van der Waals surface area contributed by atoms with E-state index in [0.29, 0.717) is 17.2 Å². The van der Waals surface area contributed by atoms with Crippen molar-refractivity contribution in [3.05, 3.63) is 58.1 Å². The van der Waals surface area contributed by atoms with Crippen molar-refractivity contribution in [2.24, 2.45) is 10.1 Å². The minimum Gasteiger partial charge on any atom is -0.267 e. The van der Waals surface area contributed by atoms with E-state index in [-0.39, 0.29) is 6.04 Å². The van der Waals surface area contributed by atoms with Crippen LogP contribution in [0.1, 0.15) is 23.6 Å². The summed E-state index contributed by atoms with van der Waals surface area (Å²) in [6, 6.07) is 11.4. The number of anilines is 1. The number of nitrogens with zero attached hydrogens (tertiary/aromatic N) is 3. The number of sulfonamides is 1. The molecule has 2 aliphatic heterocycles. The molecule has 0 fully saturated rings. The van der Waals surface area contributed by atoms with Gasteiger partial charge in [-0.15, -0.1) is 0 Å². The zero-order chi connectivity index (χ0) is 20.8. The second kappa shape index (κ2) is 7.66. The SMILES string of the molecule is Cc1c(Cl)cccc1N=C1NN=C(c2ccc3c(c2)C[C@@H](C)N3S(C)(=O)=O)CS1. The molecule has 0 saturated heterocycles. The van der Waals surface area contributed by atoms with Crippen LogP contribution in [-0.2, 0) is 16.4 Å². The molecule has 6 nitrogen and oxygen atoms in total. The van der Waals surface area contributed by atoms with E-state index >= 15 is 0 Å². The Bertz CT molecular complexity index is 1150. The van der Waals surface area contributed by atoms with Gasteiger partial charge < -0.3 is 0 Å². The minimum absolute atomic E-state index is 0.0734. The number of hydrogen-bond acceptors (Lipinski definition) is 5. The lowest BCUT2D eigenvalue weighted by Crippen LogP contribution is -2.34. The first-order chi connectivity index (χ1) is 13.7. The lowest BCUT2D eigenvalue weighted by molar-refractivity contribution is 0.590. The number of amidine groups is 1.